The predicted octanol–water partition coefficient (Wildman–Crippen LogP) is 0.389. The first kappa shape index (κ1) is 19.7. The first-order valence-corrected chi connectivity index (χ1v) is 10.5. The summed E-state index contributed by atoms with van der Waals surface area (Å²) in [5, 5.41) is 11.0. The number of hydrogen-bond acceptors (Lipinski definition) is 5. The van der Waals surface area contributed by atoms with E-state index in [0.717, 1.165) is 23.5 Å². The predicted molar refractivity (Wildman–Crippen MR) is 98.6 cm³/mol. The van der Waals surface area contributed by atoms with Gasteiger partial charge in [0.2, 0.25) is 0 Å². The molecule has 1 aliphatic heterocycles. The molecule has 0 aliphatic carbocycles. The number of aryl methyl sites for hydroxylation is 1. The van der Waals surface area contributed by atoms with Gasteiger partial charge in [-0.15, -0.1) is 0 Å². The maximum Gasteiger partial charge on any atom is 0.191 e. The van der Waals surface area contributed by atoms with Crippen LogP contribution in [-0.4, -0.2) is 62.0 Å². The van der Waals surface area contributed by atoms with Crippen LogP contribution in [0.1, 0.15) is 30.3 Å². The minimum Gasteiger partial charge on any atom is -0.383 e. The van der Waals surface area contributed by atoms with Gasteiger partial charge in [-0.1, -0.05) is 0 Å². The fraction of sp³-hybridized carbons (Fsp3) is 0.750. The Kier molecular flexibility index (Phi) is 6.83. The summed E-state index contributed by atoms with van der Waals surface area (Å²) >= 11 is 0. The monoisotopic (exact) mass is 371 g/mol. The Morgan fingerprint density at radius 3 is 2.80 bits per heavy atom. The van der Waals surface area contributed by atoms with Crippen molar-refractivity contribution in [3.8, 4) is 0 Å². The Morgan fingerprint density at radius 2 is 2.20 bits per heavy atom. The van der Waals surface area contributed by atoms with Gasteiger partial charge in [-0.25, -0.2) is 13.4 Å². The van der Waals surface area contributed by atoms with E-state index in [-0.39, 0.29) is 17.5 Å². The number of hydrogen-bond donors (Lipinski definition) is 2. The maximum atomic E-state index is 11.6. The molecule has 9 heteroatoms. The molecule has 142 valence electrons. The van der Waals surface area contributed by atoms with Crippen molar-refractivity contribution in [1.29, 1.82) is 0 Å². The second-order valence-corrected chi connectivity index (χ2v) is 8.53. The molecule has 25 heavy (non-hydrogen) atoms. The van der Waals surface area contributed by atoms with Crippen LogP contribution in [0.5, 0.6) is 0 Å². The van der Waals surface area contributed by atoms with Crippen molar-refractivity contribution in [3.05, 3.63) is 17.0 Å². The lowest BCUT2D eigenvalue weighted by molar-refractivity contribution is 0.182. The van der Waals surface area contributed by atoms with Gasteiger partial charge in [-0.05, 0) is 27.2 Å². The summed E-state index contributed by atoms with van der Waals surface area (Å²) in [6.45, 7) is 8.54. The molecule has 0 amide bonds. The highest BCUT2D eigenvalue weighted by Gasteiger charge is 2.28. The summed E-state index contributed by atoms with van der Waals surface area (Å²) in [5.41, 5.74) is 3.13. The van der Waals surface area contributed by atoms with Gasteiger partial charge < -0.3 is 15.4 Å². The van der Waals surface area contributed by atoms with Gasteiger partial charge in [0.25, 0.3) is 0 Å². The molecule has 1 unspecified atom stereocenters. The van der Waals surface area contributed by atoms with Crippen molar-refractivity contribution in [2.24, 2.45) is 4.99 Å². The van der Waals surface area contributed by atoms with E-state index in [0.29, 0.717) is 32.1 Å². The van der Waals surface area contributed by atoms with Gasteiger partial charge in [0.15, 0.2) is 15.8 Å². The number of sulfone groups is 1. The molecule has 1 atom stereocenters. The molecule has 1 aliphatic rings. The Hall–Kier alpha value is -1.61. The normalized spacial score (nSPS) is 20.0. The molecule has 1 fully saturated rings. The smallest absolute Gasteiger partial charge is 0.191 e. The molecule has 0 bridgehead atoms. The fourth-order valence-electron chi connectivity index (χ4n) is 2.94. The first-order valence-electron chi connectivity index (χ1n) is 8.63. The molecule has 8 nitrogen and oxygen atoms in total. The number of methoxy groups -OCH3 is 1. The maximum absolute atomic E-state index is 11.6. The lowest BCUT2D eigenvalue weighted by Crippen LogP contribution is -2.44. The largest absolute Gasteiger partial charge is 0.383 e. The van der Waals surface area contributed by atoms with Crippen LogP contribution in [0.2, 0.25) is 0 Å². The van der Waals surface area contributed by atoms with Gasteiger partial charge >= 0.3 is 0 Å². The van der Waals surface area contributed by atoms with E-state index in [4.69, 9.17) is 4.74 Å². The van der Waals surface area contributed by atoms with E-state index >= 15 is 0 Å². The van der Waals surface area contributed by atoms with Crippen LogP contribution < -0.4 is 10.6 Å². The molecule has 2 rings (SSSR count). The topological polar surface area (TPSA) is 97.6 Å². The van der Waals surface area contributed by atoms with Crippen molar-refractivity contribution in [1.82, 2.24) is 20.4 Å². The molecule has 2 heterocycles. The summed E-state index contributed by atoms with van der Waals surface area (Å²) in [4.78, 5) is 4.63. The van der Waals surface area contributed by atoms with Gasteiger partial charge in [0.1, 0.15) is 0 Å². The molecule has 0 radical (unpaired) electrons. The zero-order chi connectivity index (χ0) is 18.4. The summed E-state index contributed by atoms with van der Waals surface area (Å²) in [6, 6.07) is -0.0746. The van der Waals surface area contributed by atoms with E-state index in [2.05, 4.69) is 20.7 Å². The van der Waals surface area contributed by atoms with Crippen LogP contribution in [0.3, 0.4) is 0 Å². The van der Waals surface area contributed by atoms with E-state index in [1.807, 2.05) is 25.5 Å². The molecule has 1 saturated heterocycles. The third kappa shape index (κ3) is 5.43. The standard InChI is InChI=1S/C16H29N5O3S/c1-5-17-16(19-14-6-9-25(22,23)11-14)18-10-15-12(2)20-21(13(15)3)7-8-24-4/h14H,5-11H2,1-4H3,(H2,17,18,19). The van der Waals surface area contributed by atoms with Crippen molar-refractivity contribution in [2.45, 2.75) is 46.3 Å². The summed E-state index contributed by atoms with van der Waals surface area (Å²) in [6.07, 6.45) is 0.625. The highest BCUT2D eigenvalue weighted by molar-refractivity contribution is 7.91. The molecule has 0 aromatic carbocycles. The average molecular weight is 372 g/mol. The van der Waals surface area contributed by atoms with Crippen molar-refractivity contribution in [2.75, 3.05) is 31.8 Å². The van der Waals surface area contributed by atoms with Crippen LogP contribution in [0.4, 0.5) is 0 Å². The van der Waals surface area contributed by atoms with Crippen LogP contribution in [0.25, 0.3) is 0 Å². The summed E-state index contributed by atoms with van der Waals surface area (Å²) < 4.78 is 30.3. The Morgan fingerprint density at radius 1 is 1.44 bits per heavy atom. The Balaban J connectivity index is 2.07. The van der Waals surface area contributed by atoms with Gasteiger partial charge in [0.05, 0.1) is 36.9 Å². The summed E-state index contributed by atoms with van der Waals surface area (Å²) in [7, 11) is -1.24. The minimum absolute atomic E-state index is 0.0746. The Labute approximate surface area is 150 Å². The molecule has 1 aromatic rings. The SMILES string of the molecule is CCNC(=NCc1c(C)nn(CCOC)c1C)NC1CCS(=O)(=O)C1. The molecule has 2 N–H and O–H groups in total. The van der Waals surface area contributed by atoms with Crippen LogP contribution >= 0.6 is 0 Å². The number of nitrogens with one attached hydrogen (secondary N) is 2. The third-order valence-electron chi connectivity index (χ3n) is 4.35. The number of nitrogens with zero attached hydrogens (tertiary/aromatic N) is 3. The highest BCUT2D eigenvalue weighted by atomic mass is 32.2. The van der Waals surface area contributed by atoms with Crippen molar-refractivity contribution >= 4 is 15.8 Å². The summed E-state index contributed by atoms with van der Waals surface area (Å²) in [5.74, 6) is 1.06. The zero-order valence-electron chi connectivity index (χ0n) is 15.5. The minimum atomic E-state index is -2.91. The average Bonchev–Trinajstić information content (AvgIpc) is 3.02. The van der Waals surface area contributed by atoms with Gasteiger partial charge in [0, 0.05) is 31.0 Å². The quantitative estimate of drug-likeness (QED) is 0.531. The molecular weight excluding hydrogens is 342 g/mol. The number of aliphatic imine (C=N–C) groups is 1. The lowest BCUT2D eigenvalue weighted by atomic mass is 10.2. The Bertz CT molecular complexity index is 712. The van der Waals surface area contributed by atoms with E-state index in [9.17, 15) is 8.42 Å². The number of guanidine groups is 1. The molecular formula is C16H29N5O3S. The van der Waals surface area contributed by atoms with Crippen molar-refractivity contribution in [3.63, 3.8) is 0 Å². The molecule has 1 aromatic heterocycles. The third-order valence-corrected chi connectivity index (χ3v) is 6.12. The number of ether oxygens (including phenoxy) is 1. The zero-order valence-corrected chi connectivity index (χ0v) is 16.3. The van der Waals surface area contributed by atoms with Crippen molar-refractivity contribution < 1.29 is 13.2 Å². The van der Waals surface area contributed by atoms with E-state index < -0.39 is 9.84 Å². The van der Waals surface area contributed by atoms with Gasteiger partial charge in [-0.3, -0.25) is 4.68 Å². The number of rotatable bonds is 7. The van der Waals surface area contributed by atoms with Crippen LogP contribution in [0, 0.1) is 13.8 Å². The van der Waals surface area contributed by atoms with Gasteiger partial charge in [-0.2, -0.15) is 5.10 Å². The van der Waals surface area contributed by atoms with E-state index in [1.54, 1.807) is 7.11 Å². The molecule has 0 spiro atoms. The first-order chi connectivity index (χ1) is 11.9. The lowest BCUT2D eigenvalue weighted by Gasteiger charge is -2.15. The second-order valence-electron chi connectivity index (χ2n) is 6.30. The van der Waals surface area contributed by atoms with E-state index in [1.165, 1.54) is 0 Å². The van der Waals surface area contributed by atoms with Crippen LogP contribution in [0.15, 0.2) is 4.99 Å². The highest BCUT2D eigenvalue weighted by Crippen LogP contribution is 2.15. The molecule has 0 saturated carbocycles. The van der Waals surface area contributed by atoms with Crippen LogP contribution in [-0.2, 0) is 27.7 Å². The second kappa shape index (κ2) is 8.66. The number of aromatic nitrogens is 2. The fourth-order valence-corrected chi connectivity index (χ4v) is 4.61.